The fourth-order valence-electron chi connectivity index (χ4n) is 1.91. The number of rotatable bonds is 2. The van der Waals surface area contributed by atoms with Gasteiger partial charge in [0, 0.05) is 26.2 Å². The second kappa shape index (κ2) is 7.41. The first-order valence-corrected chi connectivity index (χ1v) is 5.40. The molecule has 1 fully saturated rings. The lowest BCUT2D eigenvalue weighted by molar-refractivity contribution is 0.0995. The van der Waals surface area contributed by atoms with E-state index in [0.717, 1.165) is 37.4 Å². The molecule has 0 unspecified atom stereocenters. The molecule has 0 spiro atoms. The zero-order valence-corrected chi connectivity index (χ0v) is 11.8. The van der Waals surface area contributed by atoms with Crippen molar-refractivity contribution in [1.82, 2.24) is 10.3 Å². The maximum absolute atomic E-state index is 11.0. The number of piperazine rings is 1. The molecule has 7 heteroatoms. The predicted molar refractivity (Wildman–Crippen MR) is 77.1 cm³/mol. The molecule has 5 nitrogen and oxygen atoms in total. The third-order valence-electron chi connectivity index (χ3n) is 2.78. The molecule has 0 atom stereocenters. The number of aryl methyl sites for hydroxylation is 1. The van der Waals surface area contributed by atoms with Gasteiger partial charge in [0.2, 0.25) is 0 Å². The first kappa shape index (κ1) is 17.0. The van der Waals surface area contributed by atoms with Gasteiger partial charge in [-0.25, -0.2) is 4.98 Å². The summed E-state index contributed by atoms with van der Waals surface area (Å²) in [5, 5.41) is 3.29. The molecule has 3 N–H and O–H groups in total. The van der Waals surface area contributed by atoms with Crippen LogP contribution in [0.5, 0.6) is 0 Å². The second-order valence-electron chi connectivity index (χ2n) is 3.96. The summed E-state index contributed by atoms with van der Waals surface area (Å²) in [4.78, 5) is 17.4. The summed E-state index contributed by atoms with van der Waals surface area (Å²) in [5.74, 6) is -0.468. The fraction of sp³-hybridized carbons (Fsp3) is 0.455. The molecule has 0 aromatic carbocycles. The van der Waals surface area contributed by atoms with E-state index >= 15 is 0 Å². The number of primary amides is 1. The van der Waals surface area contributed by atoms with Crippen LogP contribution in [-0.2, 0) is 0 Å². The molecule has 1 amide bonds. The molecule has 1 saturated heterocycles. The number of nitrogens with zero attached hydrogens (tertiary/aromatic N) is 2. The normalized spacial score (nSPS) is 14.4. The van der Waals surface area contributed by atoms with Gasteiger partial charge in [0.25, 0.3) is 5.91 Å². The molecule has 0 saturated carbocycles. The van der Waals surface area contributed by atoms with Crippen molar-refractivity contribution < 1.29 is 4.79 Å². The Morgan fingerprint density at radius 3 is 2.50 bits per heavy atom. The number of carbonyl (C=O) groups is 1. The lowest BCUT2D eigenvalue weighted by atomic mass is 10.2. The molecule has 1 aromatic heterocycles. The molecule has 18 heavy (non-hydrogen) atoms. The Kier molecular flexibility index (Phi) is 6.98. The maximum Gasteiger partial charge on any atom is 0.267 e. The molecule has 1 aliphatic rings. The number of anilines is 1. The van der Waals surface area contributed by atoms with Gasteiger partial charge in [-0.2, -0.15) is 0 Å². The molecule has 1 aromatic rings. The highest BCUT2D eigenvalue weighted by Gasteiger charge is 2.13. The predicted octanol–water partition coefficient (Wildman–Crippen LogP) is 0.742. The largest absolute Gasteiger partial charge is 0.368 e. The van der Waals surface area contributed by atoms with E-state index in [1.807, 2.05) is 13.0 Å². The third-order valence-corrected chi connectivity index (χ3v) is 2.78. The van der Waals surface area contributed by atoms with Crippen LogP contribution >= 0.6 is 24.8 Å². The minimum absolute atomic E-state index is 0. The van der Waals surface area contributed by atoms with E-state index in [9.17, 15) is 4.79 Å². The van der Waals surface area contributed by atoms with Gasteiger partial charge >= 0.3 is 0 Å². The van der Waals surface area contributed by atoms with Crippen molar-refractivity contribution in [1.29, 1.82) is 0 Å². The quantitative estimate of drug-likeness (QED) is 0.844. The van der Waals surface area contributed by atoms with E-state index in [1.54, 1.807) is 6.20 Å². The fourth-order valence-corrected chi connectivity index (χ4v) is 1.91. The first-order chi connectivity index (χ1) is 7.68. The van der Waals surface area contributed by atoms with Gasteiger partial charge < -0.3 is 16.0 Å². The van der Waals surface area contributed by atoms with Gasteiger partial charge in [0.15, 0.2) is 0 Å². The Hall–Kier alpha value is -1.04. The Morgan fingerprint density at radius 1 is 1.39 bits per heavy atom. The average Bonchev–Trinajstić information content (AvgIpc) is 2.29. The molecule has 2 rings (SSSR count). The van der Waals surface area contributed by atoms with Crippen LogP contribution in [0.1, 0.15) is 16.1 Å². The number of nitrogens with two attached hydrogens (primary N) is 1. The number of hydrogen-bond acceptors (Lipinski definition) is 4. The molecule has 102 valence electrons. The average molecular weight is 293 g/mol. The summed E-state index contributed by atoms with van der Waals surface area (Å²) in [6.45, 7) is 5.76. The summed E-state index contributed by atoms with van der Waals surface area (Å²) in [5.41, 5.74) is 7.47. The summed E-state index contributed by atoms with van der Waals surface area (Å²) < 4.78 is 0. The second-order valence-corrected chi connectivity index (χ2v) is 3.96. The van der Waals surface area contributed by atoms with Gasteiger partial charge in [-0.1, -0.05) is 0 Å². The highest BCUT2D eigenvalue weighted by atomic mass is 35.5. The highest BCUT2D eigenvalue weighted by molar-refractivity contribution is 5.92. The van der Waals surface area contributed by atoms with Crippen LogP contribution in [0.4, 0.5) is 5.69 Å². The molecule has 0 bridgehead atoms. The number of halogens is 2. The van der Waals surface area contributed by atoms with Crippen molar-refractivity contribution >= 4 is 36.4 Å². The molecule has 0 aliphatic carbocycles. The van der Waals surface area contributed by atoms with Crippen molar-refractivity contribution in [2.24, 2.45) is 5.73 Å². The van der Waals surface area contributed by atoms with E-state index in [2.05, 4.69) is 15.2 Å². The van der Waals surface area contributed by atoms with Gasteiger partial charge in [-0.05, 0) is 18.6 Å². The van der Waals surface area contributed by atoms with Gasteiger partial charge in [-0.3, -0.25) is 4.79 Å². The Balaban J connectivity index is 0.00000144. The van der Waals surface area contributed by atoms with Crippen molar-refractivity contribution in [3.8, 4) is 0 Å². The molecule has 1 aliphatic heterocycles. The van der Waals surface area contributed by atoms with Crippen molar-refractivity contribution in [2.45, 2.75) is 6.92 Å². The number of hydrogen-bond donors (Lipinski definition) is 2. The highest BCUT2D eigenvalue weighted by Crippen LogP contribution is 2.17. The summed E-state index contributed by atoms with van der Waals surface area (Å²) in [6.07, 6.45) is 1.72. The summed E-state index contributed by atoms with van der Waals surface area (Å²) >= 11 is 0. The van der Waals surface area contributed by atoms with Gasteiger partial charge in [0.1, 0.15) is 5.69 Å². The zero-order chi connectivity index (χ0) is 11.5. The number of pyridine rings is 1. The van der Waals surface area contributed by atoms with E-state index < -0.39 is 5.91 Å². The lowest BCUT2D eigenvalue weighted by Gasteiger charge is -2.29. The minimum atomic E-state index is -0.468. The Bertz CT molecular complexity index is 408. The Labute approximate surface area is 119 Å². The van der Waals surface area contributed by atoms with Crippen LogP contribution in [-0.4, -0.2) is 37.1 Å². The van der Waals surface area contributed by atoms with Crippen molar-refractivity contribution in [3.63, 3.8) is 0 Å². The molecule has 2 heterocycles. The van der Waals surface area contributed by atoms with Crippen molar-refractivity contribution in [2.75, 3.05) is 31.1 Å². The topological polar surface area (TPSA) is 71.2 Å². The smallest absolute Gasteiger partial charge is 0.267 e. The van der Waals surface area contributed by atoms with Crippen LogP contribution in [0.2, 0.25) is 0 Å². The van der Waals surface area contributed by atoms with Gasteiger partial charge in [-0.15, -0.1) is 24.8 Å². The zero-order valence-electron chi connectivity index (χ0n) is 10.2. The van der Waals surface area contributed by atoms with E-state index in [-0.39, 0.29) is 24.8 Å². The third kappa shape index (κ3) is 3.73. The van der Waals surface area contributed by atoms with Crippen LogP contribution in [0.15, 0.2) is 12.3 Å². The summed E-state index contributed by atoms with van der Waals surface area (Å²) in [6, 6.07) is 1.97. The van der Waals surface area contributed by atoms with Crippen LogP contribution in [0, 0.1) is 6.92 Å². The van der Waals surface area contributed by atoms with Crippen molar-refractivity contribution in [3.05, 3.63) is 23.5 Å². The number of carbonyl (C=O) groups excluding carboxylic acids is 1. The maximum atomic E-state index is 11.0. The van der Waals surface area contributed by atoms with Crippen LogP contribution in [0.25, 0.3) is 0 Å². The standard InChI is InChI=1S/C11H16N4O.2ClH/c1-8-6-9(7-14-10(8)11(12)16)15-4-2-13-3-5-15;;/h6-7,13H,2-5H2,1H3,(H2,12,16);2*1H. The minimum Gasteiger partial charge on any atom is -0.368 e. The Morgan fingerprint density at radius 2 is 2.00 bits per heavy atom. The molecule has 0 radical (unpaired) electrons. The van der Waals surface area contributed by atoms with Crippen LogP contribution in [0.3, 0.4) is 0 Å². The molecular formula is C11H18Cl2N4O. The summed E-state index contributed by atoms with van der Waals surface area (Å²) in [7, 11) is 0. The monoisotopic (exact) mass is 292 g/mol. The van der Waals surface area contributed by atoms with E-state index in [4.69, 9.17) is 5.73 Å². The lowest BCUT2D eigenvalue weighted by Crippen LogP contribution is -2.43. The SMILES string of the molecule is Cc1cc(N2CCNCC2)cnc1C(N)=O.Cl.Cl. The van der Waals surface area contributed by atoms with Crippen LogP contribution < -0.4 is 16.0 Å². The first-order valence-electron chi connectivity index (χ1n) is 5.40. The van der Waals surface area contributed by atoms with E-state index in [1.165, 1.54) is 0 Å². The number of nitrogens with one attached hydrogen (secondary N) is 1. The van der Waals surface area contributed by atoms with E-state index in [0.29, 0.717) is 5.69 Å². The number of aromatic nitrogens is 1. The molecular weight excluding hydrogens is 275 g/mol. The van der Waals surface area contributed by atoms with Gasteiger partial charge in [0.05, 0.1) is 11.9 Å². The number of amides is 1.